The van der Waals surface area contributed by atoms with Crippen molar-refractivity contribution in [1.29, 1.82) is 0 Å². The number of rotatable bonds is 2. The zero-order valence-corrected chi connectivity index (χ0v) is 14.9. The zero-order valence-electron chi connectivity index (χ0n) is 13.2. The maximum absolute atomic E-state index is 13.5. The lowest BCUT2D eigenvalue weighted by Crippen LogP contribution is -2.49. The quantitative estimate of drug-likeness (QED) is 0.881. The van der Waals surface area contributed by atoms with Gasteiger partial charge in [-0.25, -0.2) is 4.39 Å². The molecule has 7 heteroatoms. The standard InChI is InChI=1S/C17H18FN3O.2ClH/c1-12-4-3-7-20-16(12)17(22)21-9-8-19-11-15(21)13-5-2-6-14(18)10-13;;/h2-7,10,15,19H,8-9,11H2,1H3;2*1H. The smallest absolute Gasteiger partial charge is 0.273 e. The van der Waals surface area contributed by atoms with Crippen LogP contribution < -0.4 is 5.32 Å². The van der Waals surface area contributed by atoms with E-state index in [1.807, 2.05) is 25.1 Å². The first-order chi connectivity index (χ1) is 10.7. The summed E-state index contributed by atoms with van der Waals surface area (Å²) in [6.07, 6.45) is 1.62. The van der Waals surface area contributed by atoms with Gasteiger partial charge >= 0.3 is 0 Å². The maximum Gasteiger partial charge on any atom is 0.273 e. The Morgan fingerprint density at radius 1 is 1.29 bits per heavy atom. The Labute approximate surface area is 153 Å². The zero-order chi connectivity index (χ0) is 15.5. The topological polar surface area (TPSA) is 45.2 Å². The highest BCUT2D eigenvalue weighted by molar-refractivity contribution is 5.94. The lowest BCUT2D eigenvalue weighted by Gasteiger charge is -2.36. The normalized spacial score (nSPS) is 16.8. The fourth-order valence-electron chi connectivity index (χ4n) is 2.80. The van der Waals surface area contributed by atoms with Crippen molar-refractivity contribution in [3.63, 3.8) is 0 Å². The first-order valence-corrected chi connectivity index (χ1v) is 7.35. The number of halogens is 3. The molecule has 0 aliphatic carbocycles. The second kappa shape index (κ2) is 8.97. The molecule has 1 aromatic carbocycles. The number of aromatic nitrogens is 1. The van der Waals surface area contributed by atoms with E-state index in [9.17, 15) is 9.18 Å². The van der Waals surface area contributed by atoms with Crippen LogP contribution in [-0.4, -0.2) is 35.4 Å². The molecular weight excluding hydrogens is 352 g/mol. The SMILES string of the molecule is Cc1cccnc1C(=O)N1CCNCC1c1cccc(F)c1.Cl.Cl. The van der Waals surface area contributed by atoms with Crippen molar-refractivity contribution in [3.8, 4) is 0 Å². The molecule has 0 bridgehead atoms. The number of benzene rings is 1. The molecule has 1 aliphatic rings. The van der Waals surface area contributed by atoms with E-state index in [4.69, 9.17) is 0 Å². The number of hydrogen-bond acceptors (Lipinski definition) is 3. The summed E-state index contributed by atoms with van der Waals surface area (Å²) >= 11 is 0. The third kappa shape index (κ3) is 4.23. The largest absolute Gasteiger partial charge is 0.328 e. The number of nitrogens with one attached hydrogen (secondary N) is 1. The van der Waals surface area contributed by atoms with Gasteiger partial charge in [-0.3, -0.25) is 9.78 Å². The van der Waals surface area contributed by atoms with Gasteiger partial charge in [0.2, 0.25) is 0 Å². The van der Waals surface area contributed by atoms with E-state index in [1.165, 1.54) is 12.1 Å². The predicted molar refractivity (Wildman–Crippen MR) is 96.5 cm³/mol. The summed E-state index contributed by atoms with van der Waals surface area (Å²) < 4.78 is 13.5. The van der Waals surface area contributed by atoms with Crippen molar-refractivity contribution in [3.05, 3.63) is 65.2 Å². The van der Waals surface area contributed by atoms with Crippen molar-refractivity contribution in [2.24, 2.45) is 0 Å². The minimum absolute atomic E-state index is 0. The third-order valence-corrected chi connectivity index (χ3v) is 3.95. The van der Waals surface area contributed by atoms with Crippen LogP contribution in [0.15, 0.2) is 42.6 Å². The maximum atomic E-state index is 13.5. The van der Waals surface area contributed by atoms with Gasteiger partial charge in [-0.05, 0) is 36.2 Å². The van der Waals surface area contributed by atoms with E-state index in [0.717, 1.165) is 17.7 Å². The summed E-state index contributed by atoms with van der Waals surface area (Å²) in [7, 11) is 0. The number of piperazine rings is 1. The van der Waals surface area contributed by atoms with Crippen LogP contribution in [0.4, 0.5) is 4.39 Å². The molecule has 2 heterocycles. The first kappa shape index (κ1) is 20.4. The Hall–Kier alpha value is -1.69. The number of aryl methyl sites for hydroxylation is 1. The Balaban J connectivity index is 0.00000144. The predicted octanol–water partition coefficient (Wildman–Crippen LogP) is 3.16. The van der Waals surface area contributed by atoms with Crippen molar-refractivity contribution in [2.75, 3.05) is 19.6 Å². The van der Waals surface area contributed by atoms with E-state index in [1.54, 1.807) is 17.2 Å². The molecule has 1 fully saturated rings. The molecule has 1 aliphatic heterocycles. The van der Waals surface area contributed by atoms with Crippen LogP contribution in [0.2, 0.25) is 0 Å². The molecule has 4 nitrogen and oxygen atoms in total. The Bertz CT molecular complexity index is 699. The number of nitrogens with zero attached hydrogens (tertiary/aromatic N) is 2. The second-order valence-electron chi connectivity index (χ2n) is 5.44. The molecule has 1 unspecified atom stereocenters. The molecule has 1 N–H and O–H groups in total. The van der Waals surface area contributed by atoms with Crippen molar-refractivity contribution < 1.29 is 9.18 Å². The fraction of sp³-hybridized carbons (Fsp3) is 0.294. The fourth-order valence-corrected chi connectivity index (χ4v) is 2.80. The highest BCUT2D eigenvalue weighted by atomic mass is 35.5. The van der Waals surface area contributed by atoms with Crippen molar-refractivity contribution in [2.45, 2.75) is 13.0 Å². The number of carbonyl (C=O) groups is 1. The monoisotopic (exact) mass is 371 g/mol. The van der Waals surface area contributed by atoms with Crippen LogP contribution in [0.5, 0.6) is 0 Å². The molecule has 24 heavy (non-hydrogen) atoms. The average molecular weight is 372 g/mol. The van der Waals surface area contributed by atoms with Crippen molar-refractivity contribution >= 4 is 30.7 Å². The number of hydrogen-bond donors (Lipinski definition) is 1. The van der Waals surface area contributed by atoms with Gasteiger partial charge in [0, 0.05) is 25.8 Å². The van der Waals surface area contributed by atoms with Gasteiger partial charge in [-0.1, -0.05) is 18.2 Å². The number of amides is 1. The highest BCUT2D eigenvalue weighted by Gasteiger charge is 2.30. The van der Waals surface area contributed by atoms with E-state index in [-0.39, 0.29) is 42.6 Å². The Morgan fingerprint density at radius 3 is 2.79 bits per heavy atom. The van der Waals surface area contributed by atoms with E-state index in [2.05, 4.69) is 10.3 Å². The summed E-state index contributed by atoms with van der Waals surface area (Å²) in [5, 5.41) is 3.27. The van der Waals surface area contributed by atoms with Crippen LogP contribution in [0.25, 0.3) is 0 Å². The molecule has 1 aromatic heterocycles. The van der Waals surface area contributed by atoms with E-state index in [0.29, 0.717) is 18.8 Å². The second-order valence-corrected chi connectivity index (χ2v) is 5.44. The summed E-state index contributed by atoms with van der Waals surface area (Å²) in [5.74, 6) is -0.390. The molecule has 130 valence electrons. The summed E-state index contributed by atoms with van der Waals surface area (Å²) in [4.78, 5) is 18.8. The van der Waals surface area contributed by atoms with Gasteiger partial charge in [-0.15, -0.1) is 24.8 Å². The Kier molecular flexibility index (Phi) is 7.60. The minimum atomic E-state index is -0.288. The molecule has 0 saturated carbocycles. The molecule has 1 amide bonds. The van der Waals surface area contributed by atoms with Gasteiger partial charge < -0.3 is 10.2 Å². The molecule has 1 saturated heterocycles. The average Bonchev–Trinajstić information content (AvgIpc) is 2.55. The molecule has 3 rings (SSSR count). The third-order valence-electron chi connectivity index (χ3n) is 3.95. The highest BCUT2D eigenvalue weighted by Crippen LogP contribution is 2.25. The lowest BCUT2D eigenvalue weighted by molar-refractivity contribution is 0.0627. The number of carbonyl (C=O) groups excluding carboxylic acids is 1. The Morgan fingerprint density at radius 2 is 2.08 bits per heavy atom. The van der Waals surface area contributed by atoms with Crippen LogP contribution in [0, 0.1) is 12.7 Å². The van der Waals surface area contributed by atoms with Gasteiger partial charge in [0.05, 0.1) is 6.04 Å². The van der Waals surface area contributed by atoms with Gasteiger partial charge in [-0.2, -0.15) is 0 Å². The molecule has 0 radical (unpaired) electrons. The number of pyridine rings is 1. The summed E-state index contributed by atoms with van der Waals surface area (Å²) in [5.41, 5.74) is 2.11. The van der Waals surface area contributed by atoms with Gasteiger partial charge in [0.25, 0.3) is 5.91 Å². The lowest BCUT2D eigenvalue weighted by atomic mass is 10.0. The van der Waals surface area contributed by atoms with Crippen molar-refractivity contribution in [1.82, 2.24) is 15.2 Å². The molecular formula is C17H20Cl2FN3O. The van der Waals surface area contributed by atoms with E-state index >= 15 is 0 Å². The first-order valence-electron chi connectivity index (χ1n) is 7.35. The van der Waals surface area contributed by atoms with Crippen LogP contribution in [0.3, 0.4) is 0 Å². The van der Waals surface area contributed by atoms with Crippen LogP contribution in [-0.2, 0) is 0 Å². The van der Waals surface area contributed by atoms with Crippen LogP contribution >= 0.6 is 24.8 Å². The summed E-state index contributed by atoms with van der Waals surface area (Å²) in [6.45, 7) is 3.79. The minimum Gasteiger partial charge on any atom is -0.328 e. The molecule has 2 aromatic rings. The van der Waals surface area contributed by atoms with Crippen LogP contribution in [0.1, 0.15) is 27.7 Å². The van der Waals surface area contributed by atoms with Gasteiger partial charge in [0.1, 0.15) is 11.5 Å². The van der Waals surface area contributed by atoms with E-state index < -0.39 is 0 Å². The van der Waals surface area contributed by atoms with Gasteiger partial charge in [0.15, 0.2) is 0 Å². The molecule has 0 spiro atoms. The molecule has 1 atom stereocenters. The summed E-state index contributed by atoms with van der Waals surface area (Å²) in [6, 6.07) is 9.93.